The van der Waals surface area contributed by atoms with E-state index in [0.29, 0.717) is 0 Å². The molecule has 0 N–H and O–H groups in total. The van der Waals surface area contributed by atoms with Gasteiger partial charge in [0.05, 0.1) is 0 Å². The van der Waals surface area contributed by atoms with Gasteiger partial charge >= 0.3 is 0 Å². The van der Waals surface area contributed by atoms with Crippen LogP contribution >= 0.6 is 27.5 Å². The van der Waals surface area contributed by atoms with Gasteiger partial charge in [0.15, 0.2) is 5.78 Å². The van der Waals surface area contributed by atoms with Gasteiger partial charge in [0.1, 0.15) is 0 Å². The fourth-order valence-corrected chi connectivity index (χ4v) is 3.44. The zero-order valence-corrected chi connectivity index (χ0v) is 14.0. The van der Waals surface area contributed by atoms with Crippen LogP contribution in [0, 0.1) is 0 Å². The molecule has 0 aliphatic carbocycles. The monoisotopic (exact) mass is 363 g/mol. The van der Waals surface area contributed by atoms with Crippen molar-refractivity contribution in [3.8, 4) is 0 Å². The van der Waals surface area contributed by atoms with E-state index in [1.807, 2.05) is 36.4 Å². The zero-order valence-electron chi connectivity index (χ0n) is 11.7. The van der Waals surface area contributed by atoms with Crippen molar-refractivity contribution in [1.29, 1.82) is 0 Å². The lowest BCUT2D eigenvalue weighted by molar-refractivity contribution is 0.101. The van der Waals surface area contributed by atoms with Gasteiger partial charge in [0, 0.05) is 33.8 Å². The molecule has 0 bridgehead atoms. The van der Waals surface area contributed by atoms with E-state index < -0.39 is 0 Å². The van der Waals surface area contributed by atoms with Gasteiger partial charge in [-0.3, -0.25) is 4.79 Å². The van der Waals surface area contributed by atoms with Gasteiger partial charge in [0.2, 0.25) is 0 Å². The number of rotatable bonds is 3. The zero-order chi connectivity index (χ0) is 15.0. The fourth-order valence-electron chi connectivity index (χ4n) is 2.71. The molecule has 2 nitrogen and oxygen atoms in total. The highest BCUT2D eigenvalue weighted by atomic mass is 79.9. The molecule has 1 aliphatic heterocycles. The largest absolute Gasteiger partial charge is 0.367 e. The van der Waals surface area contributed by atoms with Gasteiger partial charge in [-0.25, -0.2) is 0 Å². The number of ketones is 1. The molecule has 0 amide bonds. The minimum atomic E-state index is 0.118. The second-order valence-corrected chi connectivity index (χ2v) is 6.63. The number of halogens is 2. The Morgan fingerprint density at radius 3 is 2.81 bits per heavy atom. The summed E-state index contributed by atoms with van der Waals surface area (Å²) in [5.41, 5.74) is 4.36. The van der Waals surface area contributed by atoms with E-state index in [-0.39, 0.29) is 5.78 Å². The van der Waals surface area contributed by atoms with Crippen molar-refractivity contribution in [3.63, 3.8) is 0 Å². The average molecular weight is 365 g/mol. The number of anilines is 1. The van der Waals surface area contributed by atoms with Crippen LogP contribution in [0.25, 0.3) is 0 Å². The van der Waals surface area contributed by atoms with Gasteiger partial charge in [0.25, 0.3) is 0 Å². The molecule has 108 valence electrons. The maximum Gasteiger partial charge on any atom is 0.159 e. The molecule has 21 heavy (non-hydrogen) atoms. The molecule has 3 rings (SSSR count). The van der Waals surface area contributed by atoms with E-state index in [9.17, 15) is 4.79 Å². The molecule has 2 aromatic carbocycles. The van der Waals surface area contributed by atoms with Crippen molar-refractivity contribution < 1.29 is 4.79 Å². The number of hydrogen-bond acceptors (Lipinski definition) is 2. The number of benzene rings is 2. The first kappa shape index (κ1) is 14.6. The average Bonchev–Trinajstić information content (AvgIpc) is 2.84. The molecule has 0 fully saturated rings. The van der Waals surface area contributed by atoms with Gasteiger partial charge < -0.3 is 4.90 Å². The number of carbonyl (C=O) groups is 1. The van der Waals surface area contributed by atoms with E-state index in [0.717, 1.165) is 40.1 Å². The van der Waals surface area contributed by atoms with Crippen LogP contribution in [-0.4, -0.2) is 12.3 Å². The van der Waals surface area contributed by atoms with Crippen LogP contribution < -0.4 is 4.90 Å². The first-order chi connectivity index (χ1) is 10.0. The predicted molar refractivity (Wildman–Crippen MR) is 90.4 cm³/mol. The van der Waals surface area contributed by atoms with Gasteiger partial charge in [-0.2, -0.15) is 0 Å². The summed E-state index contributed by atoms with van der Waals surface area (Å²) in [6, 6.07) is 12.0. The minimum Gasteiger partial charge on any atom is -0.367 e. The van der Waals surface area contributed by atoms with Gasteiger partial charge in [-0.1, -0.05) is 33.6 Å². The number of carbonyl (C=O) groups excluding carboxylic acids is 1. The third kappa shape index (κ3) is 2.99. The summed E-state index contributed by atoms with van der Waals surface area (Å²) >= 11 is 9.73. The van der Waals surface area contributed by atoms with Crippen molar-refractivity contribution >= 4 is 39.0 Å². The van der Waals surface area contributed by atoms with Crippen LogP contribution in [0.15, 0.2) is 40.9 Å². The molecule has 0 saturated carbocycles. The number of fused-ring (bicyclic) bond motifs is 1. The van der Waals surface area contributed by atoms with Crippen LogP contribution in [-0.2, 0) is 13.0 Å². The van der Waals surface area contributed by atoms with E-state index in [4.69, 9.17) is 11.6 Å². The highest BCUT2D eigenvalue weighted by molar-refractivity contribution is 9.10. The molecule has 0 saturated heterocycles. The van der Waals surface area contributed by atoms with E-state index >= 15 is 0 Å². The number of hydrogen-bond donors (Lipinski definition) is 0. The van der Waals surface area contributed by atoms with Crippen LogP contribution in [0.3, 0.4) is 0 Å². The summed E-state index contributed by atoms with van der Waals surface area (Å²) in [6.07, 6.45) is 0.977. The third-order valence-corrected chi connectivity index (χ3v) is 4.70. The molecule has 0 unspecified atom stereocenters. The lowest BCUT2D eigenvalue weighted by Gasteiger charge is -2.20. The Hall–Kier alpha value is -1.32. The molecule has 0 aromatic heterocycles. The molecule has 2 aromatic rings. The quantitative estimate of drug-likeness (QED) is 0.724. The van der Waals surface area contributed by atoms with E-state index in [1.54, 1.807) is 6.92 Å². The molecule has 0 spiro atoms. The summed E-state index contributed by atoms with van der Waals surface area (Å²) in [6.45, 7) is 3.36. The van der Waals surface area contributed by atoms with E-state index in [2.05, 4.69) is 20.8 Å². The summed E-state index contributed by atoms with van der Waals surface area (Å²) < 4.78 is 0.990. The number of Topliss-reactive ketones (excluding diaryl/α,β-unsaturated/α-hetero) is 1. The summed E-state index contributed by atoms with van der Waals surface area (Å²) in [5, 5.41) is 0.776. The Labute approximate surface area is 137 Å². The smallest absolute Gasteiger partial charge is 0.159 e. The van der Waals surface area contributed by atoms with Crippen LogP contribution in [0.2, 0.25) is 5.02 Å². The highest BCUT2D eigenvalue weighted by Gasteiger charge is 2.20. The lowest BCUT2D eigenvalue weighted by atomic mass is 10.1. The van der Waals surface area contributed by atoms with Crippen LogP contribution in [0.1, 0.15) is 28.4 Å². The van der Waals surface area contributed by atoms with E-state index in [1.165, 1.54) is 11.3 Å². The van der Waals surface area contributed by atoms with Crippen molar-refractivity contribution in [2.75, 3.05) is 11.4 Å². The lowest BCUT2D eigenvalue weighted by Crippen LogP contribution is -2.19. The molecular formula is C17H15BrClNO. The topological polar surface area (TPSA) is 20.3 Å². The van der Waals surface area contributed by atoms with Crippen molar-refractivity contribution in [1.82, 2.24) is 0 Å². The Morgan fingerprint density at radius 1 is 1.29 bits per heavy atom. The summed E-state index contributed by atoms with van der Waals surface area (Å²) in [4.78, 5) is 13.8. The standard InChI is InChI=1S/C17H15BrClNO/c1-11(21)12-3-5-17-13(8-12)6-7-20(17)10-14-2-4-15(18)9-16(14)19/h2-5,8-9H,6-7,10H2,1H3. The Morgan fingerprint density at radius 2 is 2.10 bits per heavy atom. The SMILES string of the molecule is CC(=O)c1ccc2c(c1)CCN2Cc1ccc(Br)cc1Cl. The van der Waals surface area contributed by atoms with Crippen molar-refractivity contribution in [2.45, 2.75) is 19.9 Å². The number of nitrogens with zero attached hydrogens (tertiary/aromatic N) is 1. The Kier molecular flexibility index (Phi) is 4.05. The summed E-state index contributed by atoms with van der Waals surface area (Å²) in [5.74, 6) is 0.118. The van der Waals surface area contributed by atoms with Gasteiger partial charge in [-0.15, -0.1) is 0 Å². The fraction of sp³-hybridized carbons (Fsp3) is 0.235. The third-order valence-electron chi connectivity index (χ3n) is 3.85. The normalized spacial score (nSPS) is 13.4. The van der Waals surface area contributed by atoms with Crippen molar-refractivity contribution in [2.24, 2.45) is 0 Å². The Balaban J connectivity index is 1.86. The maximum absolute atomic E-state index is 11.5. The predicted octanol–water partition coefficient (Wildman–Crippen LogP) is 4.87. The highest BCUT2D eigenvalue weighted by Crippen LogP contribution is 2.32. The van der Waals surface area contributed by atoms with Crippen LogP contribution in [0.4, 0.5) is 5.69 Å². The minimum absolute atomic E-state index is 0.118. The Bertz CT molecular complexity index is 714. The second-order valence-electron chi connectivity index (χ2n) is 5.31. The molecular weight excluding hydrogens is 350 g/mol. The molecule has 0 atom stereocenters. The van der Waals surface area contributed by atoms with Crippen molar-refractivity contribution in [3.05, 3.63) is 62.6 Å². The molecule has 0 radical (unpaired) electrons. The van der Waals surface area contributed by atoms with Gasteiger partial charge in [-0.05, 0) is 54.8 Å². The van der Waals surface area contributed by atoms with Crippen LogP contribution in [0.5, 0.6) is 0 Å². The first-order valence-corrected chi connectivity index (χ1v) is 8.04. The molecule has 1 heterocycles. The summed E-state index contributed by atoms with van der Waals surface area (Å²) in [7, 11) is 0. The second kappa shape index (κ2) is 5.82. The maximum atomic E-state index is 11.5. The molecule has 4 heteroatoms. The molecule has 1 aliphatic rings. The first-order valence-electron chi connectivity index (χ1n) is 6.87.